The number of sulfonamides is 1. The van der Waals surface area contributed by atoms with Crippen LogP contribution in [0.4, 0.5) is 18.9 Å². The number of hydrogen-bond acceptors (Lipinski definition) is 4. The largest absolute Gasteiger partial charge is 0.416 e. The number of nitrogens with one attached hydrogen (secondary N) is 1. The van der Waals surface area contributed by atoms with Crippen molar-refractivity contribution in [3.8, 4) is 0 Å². The second kappa shape index (κ2) is 15.3. The maximum Gasteiger partial charge on any atom is 0.416 e. The van der Waals surface area contributed by atoms with E-state index in [0.29, 0.717) is 15.9 Å². The van der Waals surface area contributed by atoms with Gasteiger partial charge in [-0.1, -0.05) is 85.3 Å². The van der Waals surface area contributed by atoms with Crippen molar-refractivity contribution >= 4 is 62.3 Å². The van der Waals surface area contributed by atoms with Crippen LogP contribution in [0, 0.1) is 0 Å². The molecule has 0 bridgehead atoms. The summed E-state index contributed by atoms with van der Waals surface area (Å²) in [7, 11) is -4.65. The van der Waals surface area contributed by atoms with Crippen LogP contribution in [0.3, 0.4) is 0 Å². The highest BCUT2D eigenvalue weighted by Crippen LogP contribution is 2.38. The number of alkyl halides is 3. The van der Waals surface area contributed by atoms with Crippen molar-refractivity contribution in [1.82, 2.24) is 10.2 Å². The van der Waals surface area contributed by atoms with E-state index in [2.05, 4.69) is 5.32 Å². The lowest BCUT2D eigenvalue weighted by Gasteiger charge is -2.35. The van der Waals surface area contributed by atoms with Gasteiger partial charge in [0.05, 0.1) is 21.2 Å². The second-order valence-electron chi connectivity index (χ2n) is 11.0. The Balaban J connectivity index is 1.81. The second-order valence-corrected chi connectivity index (χ2v) is 14.1. The SMILES string of the molecule is CC[C@H](C(=O)NC1CCCCC1)N(Cc1c(Cl)cccc1Cl)C(=O)CN(c1cc(C(F)(F)F)ccc1Cl)S(=O)(=O)c1ccccc1. The first-order valence-electron chi connectivity index (χ1n) is 14.7. The Morgan fingerprint density at radius 1 is 0.913 bits per heavy atom. The van der Waals surface area contributed by atoms with Crippen molar-refractivity contribution in [2.24, 2.45) is 0 Å². The van der Waals surface area contributed by atoms with E-state index >= 15 is 0 Å². The van der Waals surface area contributed by atoms with Gasteiger partial charge >= 0.3 is 6.18 Å². The van der Waals surface area contributed by atoms with Gasteiger partial charge in [0.1, 0.15) is 12.6 Å². The lowest BCUT2D eigenvalue weighted by molar-refractivity contribution is -0.140. The van der Waals surface area contributed by atoms with Crippen LogP contribution in [0.5, 0.6) is 0 Å². The van der Waals surface area contributed by atoms with Crippen LogP contribution in [-0.2, 0) is 32.3 Å². The Morgan fingerprint density at radius 3 is 2.13 bits per heavy atom. The van der Waals surface area contributed by atoms with Gasteiger partial charge in [-0.05, 0) is 61.7 Å². The lowest BCUT2D eigenvalue weighted by atomic mass is 9.95. The fourth-order valence-electron chi connectivity index (χ4n) is 5.43. The minimum absolute atomic E-state index is 0.0879. The number of hydrogen-bond donors (Lipinski definition) is 1. The van der Waals surface area contributed by atoms with E-state index in [4.69, 9.17) is 34.8 Å². The zero-order valence-corrected chi connectivity index (χ0v) is 28.0. The number of halogens is 6. The molecule has 0 aliphatic heterocycles. The Kier molecular flexibility index (Phi) is 11.9. The van der Waals surface area contributed by atoms with Gasteiger partial charge < -0.3 is 10.2 Å². The molecule has 1 aliphatic carbocycles. The minimum Gasteiger partial charge on any atom is -0.352 e. The van der Waals surface area contributed by atoms with Crippen LogP contribution in [0.1, 0.15) is 56.6 Å². The number of rotatable bonds is 11. The highest BCUT2D eigenvalue weighted by atomic mass is 35.5. The van der Waals surface area contributed by atoms with E-state index in [1.54, 1.807) is 31.2 Å². The van der Waals surface area contributed by atoms with Crippen molar-refractivity contribution in [2.45, 2.75) is 75.1 Å². The topological polar surface area (TPSA) is 86.8 Å². The maximum absolute atomic E-state index is 14.3. The van der Waals surface area contributed by atoms with Gasteiger partial charge in [0.15, 0.2) is 0 Å². The molecule has 46 heavy (non-hydrogen) atoms. The smallest absolute Gasteiger partial charge is 0.352 e. The number of carbonyl (C=O) groups is 2. The van der Waals surface area contributed by atoms with E-state index in [1.165, 1.54) is 29.2 Å². The van der Waals surface area contributed by atoms with E-state index in [-0.39, 0.29) is 39.0 Å². The summed E-state index contributed by atoms with van der Waals surface area (Å²) < 4.78 is 69.8. The monoisotopic (exact) mass is 717 g/mol. The number of amides is 2. The van der Waals surface area contributed by atoms with Crippen LogP contribution >= 0.6 is 34.8 Å². The lowest BCUT2D eigenvalue weighted by Crippen LogP contribution is -2.54. The predicted molar refractivity (Wildman–Crippen MR) is 174 cm³/mol. The van der Waals surface area contributed by atoms with E-state index < -0.39 is 51.9 Å². The van der Waals surface area contributed by atoms with Crippen molar-refractivity contribution in [3.05, 3.63) is 92.9 Å². The normalized spacial score (nSPS) is 14.8. The summed E-state index contributed by atoms with van der Waals surface area (Å²) in [4.78, 5) is 28.9. The Morgan fingerprint density at radius 2 is 1.54 bits per heavy atom. The van der Waals surface area contributed by atoms with Crippen LogP contribution in [0.15, 0.2) is 71.6 Å². The highest BCUT2D eigenvalue weighted by Gasteiger charge is 2.37. The molecule has 3 aromatic carbocycles. The highest BCUT2D eigenvalue weighted by molar-refractivity contribution is 7.92. The minimum atomic E-state index is -4.83. The van der Waals surface area contributed by atoms with Crippen LogP contribution in [-0.4, -0.2) is 43.8 Å². The summed E-state index contributed by atoms with van der Waals surface area (Å²) in [6, 6.07) is 12.7. The van der Waals surface area contributed by atoms with Crippen LogP contribution in [0.25, 0.3) is 0 Å². The molecule has 0 spiro atoms. The first-order valence-corrected chi connectivity index (χ1v) is 17.3. The summed E-state index contributed by atoms with van der Waals surface area (Å²) in [6.45, 7) is 0.443. The molecule has 1 N–H and O–H groups in total. The maximum atomic E-state index is 14.3. The molecule has 1 atom stereocenters. The van der Waals surface area contributed by atoms with Crippen molar-refractivity contribution in [2.75, 3.05) is 10.8 Å². The Labute approximate surface area is 281 Å². The van der Waals surface area contributed by atoms with Gasteiger partial charge in [-0.3, -0.25) is 13.9 Å². The zero-order chi connectivity index (χ0) is 33.6. The number of anilines is 1. The van der Waals surface area contributed by atoms with Gasteiger partial charge in [-0.25, -0.2) is 8.42 Å². The predicted octanol–water partition coefficient (Wildman–Crippen LogP) is 8.12. The van der Waals surface area contributed by atoms with E-state index in [0.717, 1.165) is 44.2 Å². The molecule has 1 aliphatic rings. The average molecular weight is 719 g/mol. The number of nitrogens with zero attached hydrogens (tertiary/aromatic N) is 2. The zero-order valence-electron chi connectivity index (χ0n) is 24.9. The molecule has 0 saturated heterocycles. The first kappa shape index (κ1) is 35.9. The molecule has 14 heteroatoms. The average Bonchev–Trinajstić information content (AvgIpc) is 3.01. The van der Waals surface area contributed by atoms with Crippen molar-refractivity contribution in [3.63, 3.8) is 0 Å². The molecule has 4 rings (SSSR count). The molecule has 0 heterocycles. The summed E-state index contributed by atoms with van der Waals surface area (Å²) in [5, 5.41) is 3.11. The Bertz CT molecular complexity index is 1630. The molecule has 1 fully saturated rings. The molecule has 7 nitrogen and oxygen atoms in total. The molecule has 248 valence electrons. The summed E-state index contributed by atoms with van der Waals surface area (Å²) >= 11 is 19.2. The summed E-state index contributed by atoms with van der Waals surface area (Å²) in [6.07, 6.45) is -0.172. The van der Waals surface area contributed by atoms with Crippen molar-refractivity contribution < 1.29 is 31.2 Å². The standard InChI is InChI=1S/C32H33Cl3F3N3O4S/c1-2-28(31(43)39-22-10-5-3-6-11-22)40(19-24-25(33)14-9-15-26(24)34)30(42)20-41(46(44,45)23-12-7-4-8-13-23)29-18-21(32(36,37)38)16-17-27(29)35/h4,7-9,12-18,22,28H,2-3,5-6,10-11,19-20H2,1H3,(H,39,43)/t28-/m1/s1. The Hall–Kier alpha value is -2.99. The van der Waals surface area contributed by atoms with E-state index in [9.17, 15) is 31.2 Å². The number of benzene rings is 3. The molecule has 0 unspecified atom stereocenters. The first-order chi connectivity index (χ1) is 21.7. The third-order valence-electron chi connectivity index (χ3n) is 7.88. The quantitative estimate of drug-likeness (QED) is 0.217. The molecular weight excluding hydrogens is 686 g/mol. The van der Waals surface area contributed by atoms with Gasteiger partial charge in [-0.2, -0.15) is 13.2 Å². The fraction of sp³-hybridized carbons (Fsp3) is 0.375. The van der Waals surface area contributed by atoms with Crippen LogP contribution < -0.4 is 9.62 Å². The third kappa shape index (κ3) is 8.48. The molecule has 3 aromatic rings. The summed E-state index contributed by atoms with van der Waals surface area (Å²) in [5.41, 5.74) is -1.40. The fourth-order valence-corrected chi connectivity index (χ4v) is 7.66. The van der Waals surface area contributed by atoms with Crippen molar-refractivity contribution in [1.29, 1.82) is 0 Å². The molecule has 0 aromatic heterocycles. The van der Waals surface area contributed by atoms with Gasteiger partial charge in [0.25, 0.3) is 10.0 Å². The van der Waals surface area contributed by atoms with E-state index in [1.807, 2.05) is 0 Å². The molecule has 1 saturated carbocycles. The van der Waals surface area contributed by atoms with Crippen LogP contribution in [0.2, 0.25) is 15.1 Å². The molecule has 0 radical (unpaired) electrons. The molecule has 2 amide bonds. The summed E-state index contributed by atoms with van der Waals surface area (Å²) in [5.74, 6) is -1.32. The number of carbonyl (C=O) groups excluding carboxylic acids is 2. The molecular formula is C32H33Cl3F3N3O4S. The van der Waals surface area contributed by atoms with Gasteiger partial charge in [0, 0.05) is 28.2 Å². The third-order valence-corrected chi connectivity index (χ3v) is 10.7. The van der Waals surface area contributed by atoms with Gasteiger partial charge in [-0.15, -0.1) is 0 Å². The van der Waals surface area contributed by atoms with Gasteiger partial charge in [0.2, 0.25) is 11.8 Å².